The van der Waals surface area contributed by atoms with Crippen molar-refractivity contribution in [3.63, 3.8) is 0 Å². The van der Waals surface area contributed by atoms with Gasteiger partial charge in [0.2, 0.25) is 0 Å². The highest BCUT2D eigenvalue weighted by Crippen LogP contribution is 2.53. The van der Waals surface area contributed by atoms with Gasteiger partial charge in [0, 0.05) is 12.5 Å². The zero-order chi connectivity index (χ0) is 14.0. The summed E-state index contributed by atoms with van der Waals surface area (Å²) in [7, 11) is 0.0852. The van der Waals surface area contributed by atoms with Crippen molar-refractivity contribution in [2.24, 2.45) is 5.41 Å². The molecular formula is C15H30O2Si. The van der Waals surface area contributed by atoms with Crippen LogP contribution in [0, 0.1) is 5.41 Å². The van der Waals surface area contributed by atoms with E-state index in [4.69, 9.17) is 9.16 Å². The fraction of sp³-hybridized carbons (Fsp3) is 0.867. The molecule has 0 aromatic rings. The third kappa shape index (κ3) is 3.69. The number of rotatable bonds is 6. The molecule has 0 aromatic carbocycles. The third-order valence-electron chi connectivity index (χ3n) is 4.63. The Hall–Kier alpha value is -0.123. The molecule has 106 valence electrons. The molecule has 1 atom stereocenters. The van der Waals surface area contributed by atoms with Crippen LogP contribution in [0.3, 0.4) is 0 Å². The molecule has 0 radical (unpaired) electrons. The SMILES string of the molecule is COC/C=C/C1(C(C)O[Si](C)(C)C(C)(C)C)CC1. The van der Waals surface area contributed by atoms with Gasteiger partial charge in [-0.2, -0.15) is 0 Å². The van der Waals surface area contributed by atoms with E-state index in [-0.39, 0.29) is 10.5 Å². The van der Waals surface area contributed by atoms with Crippen molar-refractivity contribution in [2.45, 2.75) is 64.8 Å². The van der Waals surface area contributed by atoms with Crippen molar-refractivity contribution in [1.82, 2.24) is 0 Å². The first-order valence-electron chi connectivity index (χ1n) is 6.99. The van der Waals surface area contributed by atoms with Gasteiger partial charge < -0.3 is 9.16 Å². The predicted molar refractivity (Wildman–Crippen MR) is 80.4 cm³/mol. The van der Waals surface area contributed by atoms with E-state index in [1.54, 1.807) is 7.11 Å². The second kappa shape index (κ2) is 5.47. The van der Waals surface area contributed by atoms with Crippen LogP contribution in [0.5, 0.6) is 0 Å². The molecule has 1 rings (SSSR count). The average molecular weight is 270 g/mol. The summed E-state index contributed by atoms with van der Waals surface area (Å²) >= 11 is 0. The van der Waals surface area contributed by atoms with Crippen LogP contribution in [-0.2, 0) is 9.16 Å². The largest absolute Gasteiger partial charge is 0.413 e. The van der Waals surface area contributed by atoms with Gasteiger partial charge >= 0.3 is 0 Å². The lowest BCUT2D eigenvalue weighted by Gasteiger charge is -2.40. The monoisotopic (exact) mass is 270 g/mol. The summed E-state index contributed by atoms with van der Waals surface area (Å²) in [6.45, 7) is 14.5. The van der Waals surface area contributed by atoms with Crippen LogP contribution < -0.4 is 0 Å². The van der Waals surface area contributed by atoms with Gasteiger partial charge in [0.15, 0.2) is 8.32 Å². The number of ether oxygens (including phenoxy) is 1. The van der Waals surface area contributed by atoms with Crippen LogP contribution >= 0.6 is 0 Å². The van der Waals surface area contributed by atoms with Crippen molar-refractivity contribution in [3.05, 3.63) is 12.2 Å². The number of hydrogen-bond donors (Lipinski definition) is 0. The molecule has 0 bridgehead atoms. The summed E-state index contributed by atoms with van der Waals surface area (Å²) in [5, 5.41) is 0.285. The van der Waals surface area contributed by atoms with E-state index < -0.39 is 8.32 Å². The topological polar surface area (TPSA) is 18.5 Å². The number of methoxy groups -OCH3 is 1. The van der Waals surface area contributed by atoms with Crippen molar-refractivity contribution < 1.29 is 9.16 Å². The summed E-state index contributed by atoms with van der Waals surface area (Å²) in [5.74, 6) is 0. The lowest BCUT2D eigenvalue weighted by atomic mass is 10.0. The molecule has 1 saturated carbocycles. The Morgan fingerprint density at radius 2 is 1.83 bits per heavy atom. The first-order chi connectivity index (χ1) is 8.15. The highest BCUT2D eigenvalue weighted by molar-refractivity contribution is 6.74. The van der Waals surface area contributed by atoms with E-state index in [1.807, 2.05) is 0 Å². The predicted octanol–water partition coefficient (Wildman–Crippen LogP) is 4.38. The molecule has 0 saturated heterocycles. The summed E-state index contributed by atoms with van der Waals surface area (Å²) in [5.41, 5.74) is 0.286. The Morgan fingerprint density at radius 1 is 1.28 bits per heavy atom. The summed E-state index contributed by atoms with van der Waals surface area (Å²) in [4.78, 5) is 0. The Balaban J connectivity index is 2.63. The average Bonchev–Trinajstić information content (AvgIpc) is 2.97. The van der Waals surface area contributed by atoms with Crippen LogP contribution in [-0.4, -0.2) is 28.1 Å². The molecule has 0 aromatic heterocycles. The normalized spacial score (nSPS) is 21.3. The van der Waals surface area contributed by atoms with Crippen molar-refractivity contribution in [1.29, 1.82) is 0 Å². The molecular weight excluding hydrogens is 240 g/mol. The van der Waals surface area contributed by atoms with E-state index in [0.717, 1.165) is 0 Å². The lowest BCUT2D eigenvalue weighted by Crippen LogP contribution is -2.45. The molecule has 18 heavy (non-hydrogen) atoms. The van der Waals surface area contributed by atoms with Gasteiger partial charge in [0.1, 0.15) is 0 Å². The van der Waals surface area contributed by atoms with E-state index >= 15 is 0 Å². The first kappa shape index (κ1) is 15.9. The fourth-order valence-electron chi connectivity index (χ4n) is 1.97. The molecule has 0 amide bonds. The summed E-state index contributed by atoms with van der Waals surface area (Å²) in [6, 6.07) is 0. The van der Waals surface area contributed by atoms with Gasteiger partial charge in [-0.25, -0.2) is 0 Å². The van der Waals surface area contributed by atoms with Crippen LogP contribution in [0.2, 0.25) is 18.1 Å². The lowest BCUT2D eigenvalue weighted by molar-refractivity contribution is 0.144. The number of hydrogen-bond acceptors (Lipinski definition) is 2. The molecule has 0 N–H and O–H groups in total. The van der Waals surface area contributed by atoms with Gasteiger partial charge in [0.05, 0.1) is 12.7 Å². The zero-order valence-electron chi connectivity index (χ0n) is 13.2. The summed E-state index contributed by atoms with van der Waals surface area (Å²) < 4.78 is 11.6. The Morgan fingerprint density at radius 3 is 2.22 bits per heavy atom. The molecule has 0 spiro atoms. The van der Waals surface area contributed by atoms with Crippen LogP contribution in [0.15, 0.2) is 12.2 Å². The quantitative estimate of drug-likeness (QED) is 0.527. The van der Waals surface area contributed by atoms with Gasteiger partial charge in [0.25, 0.3) is 0 Å². The smallest absolute Gasteiger partial charge is 0.192 e. The maximum absolute atomic E-state index is 6.51. The van der Waals surface area contributed by atoms with Crippen molar-refractivity contribution in [2.75, 3.05) is 13.7 Å². The maximum atomic E-state index is 6.51. The maximum Gasteiger partial charge on any atom is 0.192 e. The first-order valence-corrected chi connectivity index (χ1v) is 9.90. The van der Waals surface area contributed by atoms with Gasteiger partial charge in [-0.3, -0.25) is 0 Å². The molecule has 0 aliphatic heterocycles. The van der Waals surface area contributed by atoms with E-state index in [1.165, 1.54) is 12.8 Å². The fourth-order valence-corrected chi connectivity index (χ4v) is 3.44. The van der Waals surface area contributed by atoms with Gasteiger partial charge in [-0.1, -0.05) is 32.9 Å². The Kier molecular flexibility index (Phi) is 4.85. The molecule has 1 aliphatic carbocycles. The standard InChI is InChI=1S/C15H30O2Si/c1-13(17-18(6,7)14(2,3)4)15(10-11-15)9-8-12-16-5/h8-9,13H,10-12H2,1-7H3/b9-8+. The highest BCUT2D eigenvalue weighted by Gasteiger charge is 2.49. The Bertz CT molecular complexity index is 298. The third-order valence-corrected chi connectivity index (χ3v) is 9.18. The molecule has 2 nitrogen and oxygen atoms in total. The van der Waals surface area contributed by atoms with Gasteiger partial charge in [-0.15, -0.1) is 0 Å². The minimum Gasteiger partial charge on any atom is -0.413 e. The highest BCUT2D eigenvalue weighted by atomic mass is 28.4. The van der Waals surface area contributed by atoms with Crippen molar-refractivity contribution in [3.8, 4) is 0 Å². The van der Waals surface area contributed by atoms with E-state index in [9.17, 15) is 0 Å². The minimum atomic E-state index is -1.65. The molecule has 3 heteroatoms. The second-order valence-corrected chi connectivity index (χ2v) is 11.9. The van der Waals surface area contributed by atoms with Gasteiger partial charge in [-0.05, 0) is 37.9 Å². The molecule has 1 fully saturated rings. The van der Waals surface area contributed by atoms with E-state index in [2.05, 4.69) is 52.9 Å². The summed E-state index contributed by atoms with van der Waals surface area (Å²) in [6.07, 6.45) is 7.28. The van der Waals surface area contributed by atoms with E-state index in [0.29, 0.717) is 12.7 Å². The zero-order valence-corrected chi connectivity index (χ0v) is 14.2. The molecule has 1 aliphatic rings. The van der Waals surface area contributed by atoms with Crippen LogP contribution in [0.1, 0.15) is 40.5 Å². The second-order valence-electron chi connectivity index (χ2n) is 7.11. The van der Waals surface area contributed by atoms with Crippen LogP contribution in [0.4, 0.5) is 0 Å². The van der Waals surface area contributed by atoms with Crippen LogP contribution in [0.25, 0.3) is 0 Å². The Labute approximate surface area is 114 Å². The molecule has 1 unspecified atom stereocenters. The molecule has 0 heterocycles. The minimum absolute atomic E-state index is 0.285. The van der Waals surface area contributed by atoms with Crippen molar-refractivity contribution >= 4 is 8.32 Å².